The van der Waals surface area contributed by atoms with Crippen LogP contribution in [0.3, 0.4) is 0 Å². The Hall–Kier alpha value is -2.69. The van der Waals surface area contributed by atoms with Gasteiger partial charge in [0.25, 0.3) is 0 Å². The van der Waals surface area contributed by atoms with Crippen LogP contribution in [-0.4, -0.2) is 35.2 Å². The van der Waals surface area contributed by atoms with Crippen LogP contribution in [0.4, 0.5) is 0 Å². The molecule has 29 heavy (non-hydrogen) atoms. The maximum Gasteiger partial charge on any atom is 0.118 e. The lowest BCUT2D eigenvalue weighted by Gasteiger charge is -2.32. The van der Waals surface area contributed by atoms with Crippen molar-refractivity contribution >= 4 is 0 Å². The Kier molecular flexibility index (Phi) is 6.23. The molecule has 1 saturated heterocycles. The van der Waals surface area contributed by atoms with Gasteiger partial charge in [0.05, 0.1) is 19.4 Å². The summed E-state index contributed by atoms with van der Waals surface area (Å²) in [5.41, 5.74) is 5.51. The second-order valence-electron chi connectivity index (χ2n) is 7.73. The summed E-state index contributed by atoms with van der Waals surface area (Å²) >= 11 is 0. The van der Waals surface area contributed by atoms with Crippen molar-refractivity contribution in [2.24, 2.45) is 0 Å². The minimum Gasteiger partial charge on any atom is -0.497 e. The minimum atomic E-state index is 0.0693. The molecule has 150 valence electrons. The number of piperidine rings is 1. The summed E-state index contributed by atoms with van der Waals surface area (Å²) in [7, 11) is 1.70. The summed E-state index contributed by atoms with van der Waals surface area (Å²) < 4.78 is 5.26. The molecule has 3 aromatic rings. The van der Waals surface area contributed by atoms with Gasteiger partial charge in [-0.1, -0.05) is 42.5 Å². The largest absolute Gasteiger partial charge is 0.497 e. The van der Waals surface area contributed by atoms with Gasteiger partial charge in [-0.05, 0) is 54.8 Å². The van der Waals surface area contributed by atoms with Crippen LogP contribution in [0.15, 0.2) is 66.7 Å². The number of benzene rings is 2. The number of rotatable bonds is 6. The summed E-state index contributed by atoms with van der Waals surface area (Å²) in [6, 6.07) is 22.7. The van der Waals surface area contributed by atoms with Gasteiger partial charge in [0, 0.05) is 30.3 Å². The zero-order valence-electron chi connectivity index (χ0n) is 16.9. The monoisotopic (exact) mass is 388 g/mol. The van der Waals surface area contributed by atoms with Crippen molar-refractivity contribution in [2.45, 2.75) is 31.9 Å². The molecule has 0 unspecified atom stereocenters. The zero-order chi connectivity index (χ0) is 20.1. The van der Waals surface area contributed by atoms with Crippen LogP contribution in [-0.2, 0) is 13.2 Å². The Morgan fingerprint density at radius 2 is 1.76 bits per heavy atom. The van der Waals surface area contributed by atoms with Crippen LogP contribution < -0.4 is 4.74 Å². The third-order valence-corrected chi connectivity index (χ3v) is 5.69. The number of likely N-dealkylation sites (tertiary alicyclic amines) is 1. The molecule has 4 nitrogen and oxygen atoms in total. The van der Waals surface area contributed by atoms with Gasteiger partial charge in [0.15, 0.2) is 0 Å². The molecule has 1 fully saturated rings. The first-order valence-electron chi connectivity index (χ1n) is 10.3. The lowest BCUT2D eigenvalue weighted by Crippen LogP contribution is -2.34. The Balaban J connectivity index is 1.46. The summed E-state index contributed by atoms with van der Waals surface area (Å²) in [6.45, 7) is 3.19. The number of nitrogens with zero attached hydrogens (tertiary/aromatic N) is 2. The van der Waals surface area contributed by atoms with E-state index in [9.17, 15) is 5.11 Å². The van der Waals surface area contributed by atoms with Crippen LogP contribution >= 0.6 is 0 Å². The maximum atomic E-state index is 9.24. The maximum absolute atomic E-state index is 9.24. The average molecular weight is 389 g/mol. The SMILES string of the molecule is COc1ccc(CN2CCC[C@H](c3cccc(-c4ccc(CO)cc4)n3)C2)cc1. The van der Waals surface area contributed by atoms with Gasteiger partial charge in [-0.2, -0.15) is 0 Å². The summed E-state index contributed by atoms with van der Waals surface area (Å²) in [4.78, 5) is 7.51. The first kappa shape index (κ1) is 19.6. The molecule has 0 saturated carbocycles. The second kappa shape index (κ2) is 9.21. The number of ether oxygens (including phenoxy) is 1. The number of aromatic nitrogens is 1. The van der Waals surface area contributed by atoms with Crippen molar-refractivity contribution in [1.29, 1.82) is 0 Å². The van der Waals surface area contributed by atoms with Gasteiger partial charge < -0.3 is 9.84 Å². The first-order chi connectivity index (χ1) is 14.2. The predicted molar refractivity (Wildman–Crippen MR) is 116 cm³/mol. The third-order valence-electron chi connectivity index (χ3n) is 5.69. The summed E-state index contributed by atoms with van der Waals surface area (Å²) in [6.07, 6.45) is 2.37. The average Bonchev–Trinajstić information content (AvgIpc) is 2.80. The molecule has 1 aliphatic heterocycles. The van der Waals surface area contributed by atoms with E-state index < -0.39 is 0 Å². The van der Waals surface area contributed by atoms with Crippen molar-refractivity contribution < 1.29 is 9.84 Å². The molecule has 0 bridgehead atoms. The topological polar surface area (TPSA) is 45.6 Å². The van der Waals surface area contributed by atoms with E-state index in [-0.39, 0.29) is 6.61 Å². The molecule has 0 radical (unpaired) electrons. The van der Waals surface area contributed by atoms with Crippen molar-refractivity contribution in [3.63, 3.8) is 0 Å². The number of hydrogen-bond acceptors (Lipinski definition) is 4. The molecule has 1 aromatic heterocycles. The molecular weight excluding hydrogens is 360 g/mol. The van der Waals surface area contributed by atoms with Gasteiger partial charge in [0.1, 0.15) is 5.75 Å². The molecule has 1 atom stereocenters. The second-order valence-corrected chi connectivity index (χ2v) is 7.73. The van der Waals surface area contributed by atoms with Crippen molar-refractivity contribution in [3.8, 4) is 17.0 Å². The highest BCUT2D eigenvalue weighted by Gasteiger charge is 2.22. The van der Waals surface area contributed by atoms with Crippen LogP contribution in [0.25, 0.3) is 11.3 Å². The highest BCUT2D eigenvalue weighted by molar-refractivity contribution is 5.59. The molecule has 1 aliphatic rings. The molecule has 2 aromatic carbocycles. The number of methoxy groups -OCH3 is 1. The smallest absolute Gasteiger partial charge is 0.118 e. The van der Waals surface area contributed by atoms with E-state index in [1.807, 2.05) is 36.4 Å². The normalized spacial score (nSPS) is 17.2. The molecule has 2 heterocycles. The quantitative estimate of drug-likeness (QED) is 0.669. The molecule has 0 spiro atoms. The van der Waals surface area contributed by atoms with Gasteiger partial charge in [-0.15, -0.1) is 0 Å². The highest BCUT2D eigenvalue weighted by atomic mass is 16.5. The van der Waals surface area contributed by atoms with Crippen molar-refractivity contribution in [2.75, 3.05) is 20.2 Å². The van der Waals surface area contributed by atoms with Crippen LogP contribution in [0.1, 0.15) is 35.6 Å². The Labute approximate surface area is 172 Å². The minimum absolute atomic E-state index is 0.0693. The summed E-state index contributed by atoms with van der Waals surface area (Å²) in [5, 5.41) is 9.24. The number of pyridine rings is 1. The third kappa shape index (κ3) is 4.84. The van der Waals surface area contributed by atoms with E-state index in [4.69, 9.17) is 9.72 Å². The van der Waals surface area contributed by atoms with Crippen molar-refractivity contribution in [1.82, 2.24) is 9.88 Å². The fraction of sp³-hybridized carbons (Fsp3) is 0.320. The van der Waals surface area contributed by atoms with Crippen LogP contribution in [0.5, 0.6) is 5.75 Å². The summed E-state index contributed by atoms with van der Waals surface area (Å²) in [5.74, 6) is 1.36. The molecule has 1 N–H and O–H groups in total. The van der Waals surface area contributed by atoms with Gasteiger partial charge in [0.2, 0.25) is 0 Å². The standard InChI is InChI=1S/C25H28N2O2/c1-29-23-13-9-19(10-14-23)16-27-15-3-4-22(17-27)25-6-2-5-24(26-25)21-11-7-20(18-28)8-12-21/h2,5-14,22,28H,3-4,15-18H2,1H3/t22-/m0/s1. The Morgan fingerprint density at radius 1 is 1.00 bits per heavy atom. The molecule has 0 aliphatic carbocycles. The van der Waals surface area contributed by atoms with E-state index >= 15 is 0 Å². The van der Waals surface area contributed by atoms with E-state index in [1.54, 1.807) is 7.11 Å². The number of hydrogen-bond donors (Lipinski definition) is 1. The van der Waals surface area contributed by atoms with E-state index in [1.165, 1.54) is 24.1 Å². The van der Waals surface area contributed by atoms with Gasteiger partial charge >= 0.3 is 0 Å². The van der Waals surface area contributed by atoms with E-state index in [0.717, 1.165) is 42.2 Å². The molecule has 0 amide bonds. The lowest BCUT2D eigenvalue weighted by molar-refractivity contribution is 0.198. The zero-order valence-corrected chi connectivity index (χ0v) is 16.9. The number of aliphatic hydroxyl groups excluding tert-OH is 1. The van der Waals surface area contributed by atoms with Gasteiger partial charge in [-0.25, -0.2) is 0 Å². The lowest BCUT2D eigenvalue weighted by atomic mass is 9.93. The fourth-order valence-corrected chi connectivity index (χ4v) is 4.05. The van der Waals surface area contributed by atoms with Crippen LogP contribution in [0.2, 0.25) is 0 Å². The Morgan fingerprint density at radius 3 is 2.48 bits per heavy atom. The molecular formula is C25H28N2O2. The fourth-order valence-electron chi connectivity index (χ4n) is 4.05. The van der Waals surface area contributed by atoms with Crippen molar-refractivity contribution in [3.05, 3.63) is 83.6 Å². The van der Waals surface area contributed by atoms with Gasteiger partial charge in [-0.3, -0.25) is 9.88 Å². The Bertz CT molecular complexity index is 922. The van der Waals surface area contributed by atoms with E-state index in [2.05, 4.69) is 35.2 Å². The van der Waals surface area contributed by atoms with E-state index in [0.29, 0.717) is 5.92 Å². The molecule has 4 rings (SSSR count). The first-order valence-corrected chi connectivity index (χ1v) is 10.3. The number of aliphatic hydroxyl groups is 1. The highest BCUT2D eigenvalue weighted by Crippen LogP contribution is 2.28. The van der Waals surface area contributed by atoms with Crippen LogP contribution in [0, 0.1) is 0 Å². The predicted octanol–water partition coefficient (Wildman–Crippen LogP) is 4.63. The molecule has 4 heteroatoms.